The number of anilines is 1. The highest BCUT2D eigenvalue weighted by Crippen LogP contribution is 2.21. The van der Waals surface area contributed by atoms with Crippen LogP contribution in [0.5, 0.6) is 5.75 Å². The van der Waals surface area contributed by atoms with Gasteiger partial charge in [0.25, 0.3) is 5.91 Å². The molecule has 0 aliphatic rings. The van der Waals surface area contributed by atoms with Gasteiger partial charge in [0.2, 0.25) is 17.5 Å². The standard InChI is InChI=1S/C22H19N5O4/c1-14-24-19(26-31-14)13-30-18-6-4-3-5-17(18)22(29)25-16-9-7-15(8-10-16)20(28)21-23-11-12-27(21)2/h3-12H,13H2,1-2H3,(H,25,29). The van der Waals surface area contributed by atoms with Gasteiger partial charge in [-0.2, -0.15) is 4.98 Å². The summed E-state index contributed by atoms with van der Waals surface area (Å²) < 4.78 is 12.3. The van der Waals surface area contributed by atoms with Crippen LogP contribution in [0.1, 0.15) is 38.3 Å². The number of nitrogens with zero attached hydrogens (tertiary/aromatic N) is 4. The number of hydrogen-bond donors (Lipinski definition) is 1. The summed E-state index contributed by atoms with van der Waals surface area (Å²) in [6.45, 7) is 1.76. The number of imidazole rings is 1. The van der Waals surface area contributed by atoms with E-state index in [1.807, 2.05) is 0 Å². The maximum Gasteiger partial charge on any atom is 0.259 e. The second-order valence-corrected chi connectivity index (χ2v) is 6.74. The van der Waals surface area contributed by atoms with Gasteiger partial charge >= 0.3 is 0 Å². The molecule has 1 N–H and O–H groups in total. The summed E-state index contributed by atoms with van der Waals surface area (Å²) >= 11 is 0. The number of amides is 1. The molecule has 2 aromatic carbocycles. The van der Waals surface area contributed by atoms with E-state index in [0.717, 1.165) is 0 Å². The molecule has 0 aliphatic carbocycles. The number of rotatable bonds is 7. The summed E-state index contributed by atoms with van der Waals surface area (Å²) in [5.74, 6) is 1.03. The van der Waals surface area contributed by atoms with Crippen LogP contribution in [0.25, 0.3) is 0 Å². The summed E-state index contributed by atoms with van der Waals surface area (Å²) in [6, 6.07) is 13.5. The van der Waals surface area contributed by atoms with Crippen molar-refractivity contribution in [3.8, 4) is 5.75 Å². The number of nitrogens with one attached hydrogen (secondary N) is 1. The van der Waals surface area contributed by atoms with Crippen LogP contribution in [0.15, 0.2) is 65.4 Å². The van der Waals surface area contributed by atoms with Crippen molar-refractivity contribution in [2.45, 2.75) is 13.5 Å². The number of hydrogen-bond acceptors (Lipinski definition) is 7. The first-order valence-corrected chi connectivity index (χ1v) is 9.45. The maximum absolute atomic E-state index is 12.8. The maximum atomic E-state index is 12.8. The van der Waals surface area contributed by atoms with E-state index in [9.17, 15) is 9.59 Å². The van der Waals surface area contributed by atoms with Gasteiger partial charge in [0.1, 0.15) is 5.75 Å². The first kappa shape index (κ1) is 20.0. The molecule has 0 bridgehead atoms. The quantitative estimate of drug-likeness (QED) is 0.460. The van der Waals surface area contributed by atoms with Crippen molar-refractivity contribution in [3.63, 3.8) is 0 Å². The predicted octanol–water partition coefficient (Wildman–Crippen LogP) is 3.17. The van der Waals surface area contributed by atoms with E-state index >= 15 is 0 Å². The zero-order valence-corrected chi connectivity index (χ0v) is 16.9. The molecule has 0 fully saturated rings. The highest BCUT2D eigenvalue weighted by molar-refractivity contribution is 6.08. The lowest BCUT2D eigenvalue weighted by molar-refractivity contribution is 0.101. The number of ether oxygens (including phenoxy) is 1. The minimum atomic E-state index is -0.344. The number of carbonyl (C=O) groups is 2. The topological polar surface area (TPSA) is 112 Å². The molecule has 4 aromatic rings. The summed E-state index contributed by atoms with van der Waals surface area (Å²) in [4.78, 5) is 33.4. The number of carbonyl (C=O) groups excluding carboxylic acids is 2. The van der Waals surface area contributed by atoms with Crippen molar-refractivity contribution in [2.24, 2.45) is 7.05 Å². The minimum absolute atomic E-state index is 0.0750. The molecule has 1 amide bonds. The molecule has 0 saturated carbocycles. The van der Waals surface area contributed by atoms with E-state index in [-0.39, 0.29) is 18.3 Å². The monoisotopic (exact) mass is 417 g/mol. The largest absolute Gasteiger partial charge is 0.485 e. The molecular formula is C22H19N5O4. The molecule has 9 heteroatoms. The second-order valence-electron chi connectivity index (χ2n) is 6.74. The van der Waals surface area contributed by atoms with Crippen molar-refractivity contribution in [1.82, 2.24) is 19.7 Å². The Morgan fingerprint density at radius 3 is 2.58 bits per heavy atom. The van der Waals surface area contributed by atoms with Crippen LogP contribution in [0.4, 0.5) is 5.69 Å². The van der Waals surface area contributed by atoms with Gasteiger partial charge in [-0.3, -0.25) is 9.59 Å². The van der Waals surface area contributed by atoms with Gasteiger partial charge in [-0.25, -0.2) is 4.98 Å². The highest BCUT2D eigenvalue weighted by atomic mass is 16.5. The zero-order valence-electron chi connectivity index (χ0n) is 16.9. The van der Waals surface area contributed by atoms with E-state index in [2.05, 4.69) is 20.4 Å². The van der Waals surface area contributed by atoms with Crippen molar-refractivity contribution < 1.29 is 18.8 Å². The third kappa shape index (κ3) is 4.50. The average molecular weight is 417 g/mol. The van der Waals surface area contributed by atoms with Gasteiger partial charge in [0.15, 0.2) is 12.4 Å². The fourth-order valence-electron chi connectivity index (χ4n) is 2.94. The van der Waals surface area contributed by atoms with Crippen molar-refractivity contribution >= 4 is 17.4 Å². The molecule has 0 spiro atoms. The Labute approximate surface area is 177 Å². The van der Waals surface area contributed by atoms with Crippen molar-refractivity contribution in [1.29, 1.82) is 0 Å². The Kier molecular flexibility index (Phi) is 5.57. The predicted molar refractivity (Wildman–Crippen MR) is 111 cm³/mol. The average Bonchev–Trinajstić information content (AvgIpc) is 3.40. The highest BCUT2D eigenvalue weighted by Gasteiger charge is 2.16. The van der Waals surface area contributed by atoms with Crippen molar-refractivity contribution in [2.75, 3.05) is 5.32 Å². The number of aryl methyl sites for hydroxylation is 2. The van der Waals surface area contributed by atoms with Crippen LogP contribution in [0.2, 0.25) is 0 Å². The molecule has 31 heavy (non-hydrogen) atoms. The lowest BCUT2D eigenvalue weighted by atomic mass is 10.1. The molecule has 2 aromatic heterocycles. The minimum Gasteiger partial charge on any atom is -0.485 e. The van der Waals surface area contributed by atoms with Crippen LogP contribution >= 0.6 is 0 Å². The lowest BCUT2D eigenvalue weighted by Gasteiger charge is -2.11. The molecule has 0 unspecified atom stereocenters. The summed E-state index contributed by atoms with van der Waals surface area (Å²) in [7, 11) is 1.76. The molecule has 2 heterocycles. The number of aromatic nitrogens is 4. The van der Waals surface area contributed by atoms with E-state index in [0.29, 0.717) is 40.1 Å². The van der Waals surface area contributed by atoms with Gasteiger partial charge < -0.3 is 19.1 Å². The molecule has 0 aliphatic heterocycles. The lowest BCUT2D eigenvalue weighted by Crippen LogP contribution is -2.14. The molecule has 0 radical (unpaired) electrons. The molecule has 156 valence electrons. The second kappa shape index (κ2) is 8.62. The number of ketones is 1. The van der Waals surface area contributed by atoms with Crippen LogP contribution in [-0.2, 0) is 13.7 Å². The van der Waals surface area contributed by atoms with Gasteiger partial charge in [0, 0.05) is 37.6 Å². The van der Waals surface area contributed by atoms with Gasteiger partial charge in [-0.1, -0.05) is 17.3 Å². The van der Waals surface area contributed by atoms with Crippen LogP contribution in [0, 0.1) is 6.92 Å². The van der Waals surface area contributed by atoms with E-state index in [1.54, 1.807) is 79.5 Å². The van der Waals surface area contributed by atoms with E-state index in [1.165, 1.54) is 0 Å². The summed E-state index contributed by atoms with van der Waals surface area (Å²) in [6.07, 6.45) is 3.28. The first-order valence-electron chi connectivity index (χ1n) is 9.45. The van der Waals surface area contributed by atoms with Crippen molar-refractivity contribution in [3.05, 3.63) is 89.6 Å². The fourth-order valence-corrected chi connectivity index (χ4v) is 2.94. The van der Waals surface area contributed by atoms with E-state index in [4.69, 9.17) is 9.26 Å². The van der Waals surface area contributed by atoms with E-state index < -0.39 is 0 Å². The smallest absolute Gasteiger partial charge is 0.259 e. The Morgan fingerprint density at radius 2 is 1.90 bits per heavy atom. The van der Waals surface area contributed by atoms with Crippen LogP contribution in [0.3, 0.4) is 0 Å². The molecule has 0 saturated heterocycles. The first-order chi connectivity index (χ1) is 15.0. The SMILES string of the molecule is Cc1nc(COc2ccccc2C(=O)Nc2ccc(C(=O)c3nccn3C)cc2)no1. The normalized spacial score (nSPS) is 10.6. The molecule has 4 rings (SSSR count). The summed E-state index contributed by atoms with van der Waals surface area (Å²) in [5, 5.41) is 6.59. The Hall–Kier alpha value is -4.27. The fraction of sp³-hybridized carbons (Fsp3) is 0.136. The van der Waals surface area contributed by atoms with Crippen LogP contribution < -0.4 is 10.1 Å². The Balaban J connectivity index is 1.45. The Bertz CT molecular complexity index is 1230. The third-order valence-electron chi connectivity index (χ3n) is 4.49. The van der Waals surface area contributed by atoms with Gasteiger partial charge in [-0.15, -0.1) is 0 Å². The third-order valence-corrected chi connectivity index (χ3v) is 4.49. The zero-order chi connectivity index (χ0) is 21.8. The molecular weight excluding hydrogens is 398 g/mol. The number of para-hydroxylation sites is 1. The summed E-state index contributed by atoms with van der Waals surface area (Å²) in [5.41, 5.74) is 1.38. The Morgan fingerprint density at radius 1 is 1.13 bits per heavy atom. The van der Waals surface area contributed by atoms with Gasteiger partial charge in [-0.05, 0) is 36.4 Å². The number of benzene rings is 2. The molecule has 0 atom stereocenters. The van der Waals surface area contributed by atoms with Gasteiger partial charge in [0.05, 0.1) is 5.56 Å². The van der Waals surface area contributed by atoms with Crippen LogP contribution in [-0.4, -0.2) is 31.4 Å². The molecule has 9 nitrogen and oxygen atoms in total.